The van der Waals surface area contributed by atoms with E-state index in [0.29, 0.717) is 33.6 Å². The van der Waals surface area contributed by atoms with Crippen LogP contribution in [0.4, 0.5) is 5.69 Å². The summed E-state index contributed by atoms with van der Waals surface area (Å²) in [6, 6.07) is 12.2. The topological polar surface area (TPSA) is 29.1 Å². The lowest BCUT2D eigenvalue weighted by atomic mass is 10.1. The van der Waals surface area contributed by atoms with Crippen LogP contribution >= 0.6 is 34.8 Å². The van der Waals surface area contributed by atoms with E-state index in [1.54, 1.807) is 30.3 Å². The number of carbonyl (C=O) groups excluding carboxylic acids is 1. The van der Waals surface area contributed by atoms with Crippen LogP contribution in [-0.4, -0.2) is 12.3 Å². The number of Topliss-reactive ketones (excluding diaryl/α,β-unsaturated/α-hetero) is 1. The van der Waals surface area contributed by atoms with Crippen LogP contribution in [0.5, 0.6) is 0 Å². The summed E-state index contributed by atoms with van der Waals surface area (Å²) in [4.78, 5) is 12.0. The van der Waals surface area contributed by atoms with Crippen LogP contribution in [0.2, 0.25) is 15.1 Å². The summed E-state index contributed by atoms with van der Waals surface area (Å²) in [5, 5.41) is 4.68. The van der Waals surface area contributed by atoms with Crippen LogP contribution in [0.3, 0.4) is 0 Å². The maximum absolute atomic E-state index is 12.0. The molecule has 0 aliphatic heterocycles. The van der Waals surface area contributed by atoms with E-state index in [-0.39, 0.29) is 5.78 Å². The first kappa shape index (κ1) is 15.2. The molecule has 0 amide bonds. The highest BCUT2D eigenvalue weighted by molar-refractivity contribution is 6.42. The SMILES string of the molecule is O=C(CCNc1ccc(Cl)cc1)c1ccc(Cl)c(Cl)c1. The molecule has 0 bridgehead atoms. The first-order chi connectivity index (χ1) is 9.56. The molecule has 0 atom stereocenters. The van der Waals surface area contributed by atoms with Crippen LogP contribution in [0.1, 0.15) is 16.8 Å². The fourth-order valence-electron chi connectivity index (χ4n) is 1.70. The fraction of sp³-hybridized carbons (Fsp3) is 0.133. The summed E-state index contributed by atoms with van der Waals surface area (Å²) >= 11 is 17.5. The Morgan fingerprint density at radius 3 is 2.30 bits per heavy atom. The van der Waals surface area contributed by atoms with E-state index in [1.165, 1.54) is 0 Å². The lowest BCUT2D eigenvalue weighted by Gasteiger charge is -2.06. The predicted molar refractivity (Wildman–Crippen MR) is 85.4 cm³/mol. The number of carbonyl (C=O) groups is 1. The van der Waals surface area contributed by atoms with Crippen molar-refractivity contribution in [2.24, 2.45) is 0 Å². The lowest BCUT2D eigenvalue weighted by molar-refractivity contribution is 0.0986. The van der Waals surface area contributed by atoms with Gasteiger partial charge in [-0.2, -0.15) is 0 Å². The molecule has 0 aromatic heterocycles. The molecule has 0 unspecified atom stereocenters. The average Bonchev–Trinajstić information content (AvgIpc) is 2.44. The molecule has 0 aliphatic carbocycles. The van der Waals surface area contributed by atoms with Crippen molar-refractivity contribution in [3.8, 4) is 0 Å². The zero-order chi connectivity index (χ0) is 14.5. The minimum atomic E-state index is 0.0185. The molecule has 2 rings (SSSR count). The first-order valence-corrected chi connectivity index (χ1v) is 7.17. The molecule has 0 aliphatic rings. The molecule has 1 N–H and O–H groups in total. The molecule has 0 spiro atoms. The fourth-order valence-corrected chi connectivity index (χ4v) is 2.13. The van der Waals surface area contributed by atoms with Crippen molar-refractivity contribution in [3.63, 3.8) is 0 Å². The standard InChI is InChI=1S/C15H12Cl3NO/c16-11-2-4-12(5-3-11)19-8-7-15(20)10-1-6-13(17)14(18)9-10/h1-6,9,19H,7-8H2. The van der Waals surface area contributed by atoms with Gasteiger partial charge < -0.3 is 5.32 Å². The summed E-state index contributed by atoms with van der Waals surface area (Å²) in [6.45, 7) is 0.542. The molecule has 20 heavy (non-hydrogen) atoms. The number of halogens is 3. The average molecular weight is 329 g/mol. The van der Waals surface area contributed by atoms with Crippen molar-refractivity contribution in [3.05, 3.63) is 63.1 Å². The molecule has 2 aromatic carbocycles. The van der Waals surface area contributed by atoms with Gasteiger partial charge in [-0.05, 0) is 42.5 Å². The van der Waals surface area contributed by atoms with Crippen LogP contribution in [0.15, 0.2) is 42.5 Å². The van der Waals surface area contributed by atoms with Crippen molar-refractivity contribution in [1.29, 1.82) is 0 Å². The first-order valence-electron chi connectivity index (χ1n) is 6.04. The quantitative estimate of drug-likeness (QED) is 0.751. The highest BCUT2D eigenvalue weighted by atomic mass is 35.5. The van der Waals surface area contributed by atoms with Gasteiger partial charge in [0.2, 0.25) is 0 Å². The molecule has 0 fully saturated rings. The molecule has 104 valence electrons. The molecule has 2 nitrogen and oxygen atoms in total. The van der Waals surface area contributed by atoms with Gasteiger partial charge in [-0.25, -0.2) is 0 Å². The van der Waals surface area contributed by atoms with E-state index in [1.807, 2.05) is 12.1 Å². The van der Waals surface area contributed by atoms with Gasteiger partial charge in [0, 0.05) is 29.2 Å². The predicted octanol–water partition coefficient (Wildman–Crippen LogP) is 5.33. The minimum Gasteiger partial charge on any atom is -0.385 e. The largest absolute Gasteiger partial charge is 0.385 e. The highest BCUT2D eigenvalue weighted by Gasteiger charge is 2.07. The number of ketones is 1. The van der Waals surface area contributed by atoms with Gasteiger partial charge in [0.1, 0.15) is 0 Å². The van der Waals surface area contributed by atoms with Crippen molar-refractivity contribution >= 4 is 46.3 Å². The van der Waals surface area contributed by atoms with Gasteiger partial charge in [0.05, 0.1) is 10.0 Å². The third-order valence-electron chi connectivity index (χ3n) is 2.77. The number of rotatable bonds is 5. The number of hydrogen-bond acceptors (Lipinski definition) is 2. The molecule has 0 radical (unpaired) electrons. The van der Waals surface area contributed by atoms with Crippen LogP contribution in [0.25, 0.3) is 0 Å². The maximum atomic E-state index is 12.0. The number of anilines is 1. The summed E-state index contributed by atoms with van der Waals surface area (Å²) in [7, 11) is 0. The van der Waals surface area contributed by atoms with E-state index in [4.69, 9.17) is 34.8 Å². The van der Waals surface area contributed by atoms with Crippen molar-refractivity contribution in [2.75, 3.05) is 11.9 Å². The minimum absolute atomic E-state index is 0.0185. The molecule has 0 saturated carbocycles. The number of hydrogen-bond donors (Lipinski definition) is 1. The van der Waals surface area contributed by atoms with E-state index in [2.05, 4.69) is 5.32 Å². The van der Waals surface area contributed by atoms with Crippen molar-refractivity contribution in [1.82, 2.24) is 0 Å². The van der Waals surface area contributed by atoms with E-state index in [0.717, 1.165) is 5.69 Å². The Kier molecular flexibility index (Phi) is 5.30. The molecular formula is C15H12Cl3NO. The Labute approximate surface area is 132 Å². The monoisotopic (exact) mass is 327 g/mol. The molecular weight excluding hydrogens is 317 g/mol. The number of benzene rings is 2. The molecule has 5 heteroatoms. The summed E-state index contributed by atoms with van der Waals surface area (Å²) in [5.41, 5.74) is 1.49. The van der Waals surface area contributed by atoms with Crippen molar-refractivity contribution < 1.29 is 4.79 Å². The van der Waals surface area contributed by atoms with Gasteiger partial charge in [-0.15, -0.1) is 0 Å². The Bertz CT molecular complexity index is 611. The van der Waals surface area contributed by atoms with E-state index >= 15 is 0 Å². The van der Waals surface area contributed by atoms with E-state index < -0.39 is 0 Å². The summed E-state index contributed by atoms with van der Waals surface area (Å²) in [5.74, 6) is 0.0185. The lowest BCUT2D eigenvalue weighted by Crippen LogP contribution is -2.08. The summed E-state index contributed by atoms with van der Waals surface area (Å²) in [6.07, 6.45) is 0.376. The Morgan fingerprint density at radius 2 is 1.65 bits per heavy atom. The van der Waals surface area contributed by atoms with Gasteiger partial charge >= 0.3 is 0 Å². The zero-order valence-electron chi connectivity index (χ0n) is 10.5. The Morgan fingerprint density at radius 1 is 0.950 bits per heavy atom. The highest BCUT2D eigenvalue weighted by Crippen LogP contribution is 2.23. The summed E-state index contributed by atoms with van der Waals surface area (Å²) < 4.78 is 0. The second-order valence-electron chi connectivity index (χ2n) is 4.24. The molecule has 0 saturated heterocycles. The van der Waals surface area contributed by atoms with Gasteiger partial charge in [-0.3, -0.25) is 4.79 Å². The van der Waals surface area contributed by atoms with Gasteiger partial charge in [0.25, 0.3) is 0 Å². The van der Waals surface area contributed by atoms with Crippen LogP contribution in [-0.2, 0) is 0 Å². The second-order valence-corrected chi connectivity index (χ2v) is 5.49. The van der Waals surface area contributed by atoms with Gasteiger partial charge in [-0.1, -0.05) is 34.8 Å². The third kappa shape index (κ3) is 4.14. The van der Waals surface area contributed by atoms with Crippen molar-refractivity contribution in [2.45, 2.75) is 6.42 Å². The maximum Gasteiger partial charge on any atom is 0.164 e. The Hall–Kier alpha value is -1.22. The normalized spacial score (nSPS) is 10.3. The molecule has 2 aromatic rings. The Balaban J connectivity index is 1.88. The third-order valence-corrected chi connectivity index (χ3v) is 3.76. The van der Waals surface area contributed by atoms with Crippen LogP contribution in [0, 0.1) is 0 Å². The van der Waals surface area contributed by atoms with Gasteiger partial charge in [0.15, 0.2) is 5.78 Å². The zero-order valence-corrected chi connectivity index (χ0v) is 12.8. The second kappa shape index (κ2) is 6.98. The smallest absolute Gasteiger partial charge is 0.164 e. The number of nitrogens with one attached hydrogen (secondary N) is 1. The van der Waals surface area contributed by atoms with E-state index in [9.17, 15) is 4.79 Å². The van der Waals surface area contributed by atoms with Crippen LogP contribution < -0.4 is 5.32 Å². The molecule has 0 heterocycles.